The van der Waals surface area contributed by atoms with Crippen molar-refractivity contribution in [1.29, 1.82) is 0 Å². The van der Waals surface area contributed by atoms with Crippen molar-refractivity contribution in [3.05, 3.63) is 81.8 Å². The number of benzene rings is 2. The molecule has 1 fully saturated rings. The zero-order valence-corrected chi connectivity index (χ0v) is 20.2. The smallest absolute Gasteiger partial charge is 0.248 e. The summed E-state index contributed by atoms with van der Waals surface area (Å²) in [4.78, 5) is 29.9. The van der Waals surface area contributed by atoms with E-state index >= 15 is 4.39 Å². The quantitative estimate of drug-likeness (QED) is 0.458. The van der Waals surface area contributed by atoms with Gasteiger partial charge in [-0.15, -0.1) is 11.3 Å². The monoisotopic (exact) mass is 480 g/mol. The van der Waals surface area contributed by atoms with Crippen molar-refractivity contribution in [3.63, 3.8) is 0 Å². The molecule has 178 valence electrons. The van der Waals surface area contributed by atoms with Crippen molar-refractivity contribution < 1.29 is 18.7 Å². The van der Waals surface area contributed by atoms with Crippen LogP contribution in [-0.4, -0.2) is 25.0 Å². The number of anilines is 1. The van der Waals surface area contributed by atoms with E-state index in [0.717, 1.165) is 36.1 Å². The number of carbonyl (C=O) groups excluding carboxylic acids is 2. The van der Waals surface area contributed by atoms with Gasteiger partial charge in [-0.25, -0.2) is 4.39 Å². The van der Waals surface area contributed by atoms with Crippen molar-refractivity contribution in [2.45, 2.75) is 51.1 Å². The molecule has 1 saturated carbocycles. The molecule has 1 atom stereocenters. The third-order valence-electron chi connectivity index (χ3n) is 6.18. The Labute approximate surface area is 203 Å². The molecule has 1 N–H and O–H groups in total. The number of methoxy groups -OCH3 is 1. The van der Waals surface area contributed by atoms with Crippen LogP contribution in [0, 0.1) is 12.7 Å². The van der Waals surface area contributed by atoms with Crippen LogP contribution < -0.4 is 15.0 Å². The highest BCUT2D eigenvalue weighted by molar-refractivity contribution is 7.10. The van der Waals surface area contributed by atoms with Crippen LogP contribution in [0.5, 0.6) is 5.75 Å². The van der Waals surface area contributed by atoms with Crippen molar-refractivity contribution in [1.82, 2.24) is 5.32 Å². The number of rotatable bonds is 8. The number of hydrogen-bond acceptors (Lipinski definition) is 4. The first kappa shape index (κ1) is 24.0. The normalized spacial score (nSPS) is 14.6. The van der Waals surface area contributed by atoms with Crippen molar-refractivity contribution >= 4 is 28.8 Å². The summed E-state index contributed by atoms with van der Waals surface area (Å²) in [6, 6.07) is 14.2. The molecule has 0 spiro atoms. The zero-order chi connectivity index (χ0) is 24.1. The highest BCUT2D eigenvalue weighted by Crippen LogP contribution is 2.37. The number of nitrogens with zero attached hydrogens (tertiary/aromatic N) is 1. The number of thiophene rings is 1. The van der Waals surface area contributed by atoms with Crippen LogP contribution in [0.3, 0.4) is 0 Å². The predicted molar refractivity (Wildman–Crippen MR) is 133 cm³/mol. The largest absolute Gasteiger partial charge is 0.495 e. The zero-order valence-electron chi connectivity index (χ0n) is 19.4. The highest BCUT2D eigenvalue weighted by Gasteiger charge is 2.37. The van der Waals surface area contributed by atoms with Gasteiger partial charge in [-0.05, 0) is 55.0 Å². The fraction of sp³-hybridized carbons (Fsp3) is 0.333. The number of amides is 2. The number of halogens is 1. The SMILES string of the molecule is COc1ccc(C)cc1N(C(=O)Cc1cccs1)[C@@H](C(=O)NC1CCCC1)c1ccccc1F. The van der Waals surface area contributed by atoms with Gasteiger partial charge in [0.1, 0.15) is 17.6 Å². The highest BCUT2D eigenvalue weighted by atomic mass is 32.1. The van der Waals surface area contributed by atoms with E-state index < -0.39 is 11.9 Å². The lowest BCUT2D eigenvalue weighted by Gasteiger charge is -2.33. The van der Waals surface area contributed by atoms with Crippen LogP contribution in [0.25, 0.3) is 0 Å². The number of carbonyl (C=O) groups is 2. The van der Waals surface area contributed by atoms with Gasteiger partial charge >= 0.3 is 0 Å². The molecule has 3 aromatic rings. The third kappa shape index (κ3) is 5.30. The molecule has 0 unspecified atom stereocenters. The summed E-state index contributed by atoms with van der Waals surface area (Å²) >= 11 is 1.47. The number of hydrogen-bond donors (Lipinski definition) is 1. The molecule has 4 rings (SSSR count). The van der Waals surface area contributed by atoms with Gasteiger partial charge in [0.25, 0.3) is 0 Å². The third-order valence-corrected chi connectivity index (χ3v) is 7.05. The van der Waals surface area contributed by atoms with E-state index in [1.165, 1.54) is 29.4 Å². The molecule has 2 aromatic carbocycles. The van der Waals surface area contributed by atoms with Gasteiger partial charge in [0.05, 0.1) is 19.2 Å². The lowest BCUT2D eigenvalue weighted by Crippen LogP contribution is -2.47. The summed E-state index contributed by atoms with van der Waals surface area (Å²) in [5.74, 6) is -0.781. The number of nitrogens with one attached hydrogen (secondary N) is 1. The van der Waals surface area contributed by atoms with Crippen LogP contribution in [0.4, 0.5) is 10.1 Å². The van der Waals surface area contributed by atoms with Gasteiger partial charge in [-0.1, -0.05) is 43.2 Å². The Bertz CT molecular complexity index is 1140. The molecule has 1 aliphatic carbocycles. The van der Waals surface area contributed by atoms with E-state index in [4.69, 9.17) is 4.74 Å². The first-order valence-corrected chi connectivity index (χ1v) is 12.4. The van der Waals surface area contributed by atoms with E-state index in [1.807, 2.05) is 36.6 Å². The molecule has 1 aromatic heterocycles. The molecule has 0 saturated heterocycles. The maximum absolute atomic E-state index is 15.1. The van der Waals surface area contributed by atoms with Crippen molar-refractivity contribution in [3.8, 4) is 5.75 Å². The summed E-state index contributed by atoms with van der Waals surface area (Å²) in [6.07, 6.45) is 3.94. The Morgan fingerprint density at radius 3 is 2.59 bits per heavy atom. The molecule has 5 nitrogen and oxygen atoms in total. The van der Waals surface area contributed by atoms with Gasteiger partial charge in [0.15, 0.2) is 0 Å². The second kappa shape index (κ2) is 10.8. The standard InChI is InChI=1S/C27H29FN2O3S/c1-18-13-14-24(33-2)23(16-18)30(25(31)17-20-10-7-15-34-20)26(21-11-5-6-12-22(21)28)27(32)29-19-8-3-4-9-19/h5-7,10-16,19,26H,3-4,8-9,17H2,1-2H3,(H,29,32)/t26-/m1/s1. The summed E-state index contributed by atoms with van der Waals surface area (Å²) in [5.41, 5.74) is 1.49. The van der Waals surface area contributed by atoms with Gasteiger partial charge in [0.2, 0.25) is 11.8 Å². The number of aryl methyl sites for hydroxylation is 1. The molecule has 0 bridgehead atoms. The molecule has 7 heteroatoms. The second-order valence-electron chi connectivity index (χ2n) is 8.61. The molecular weight excluding hydrogens is 451 g/mol. The Hall–Kier alpha value is -3.19. The minimum absolute atomic E-state index is 0.0235. The Balaban J connectivity index is 1.84. The maximum Gasteiger partial charge on any atom is 0.248 e. The first-order chi connectivity index (χ1) is 16.5. The summed E-state index contributed by atoms with van der Waals surface area (Å²) in [6.45, 7) is 1.90. The molecule has 34 heavy (non-hydrogen) atoms. The van der Waals surface area contributed by atoms with Crippen molar-refractivity contribution in [2.24, 2.45) is 0 Å². The van der Waals surface area contributed by atoms with Gasteiger partial charge in [-0.2, -0.15) is 0 Å². The van der Waals surface area contributed by atoms with E-state index in [1.54, 1.807) is 24.3 Å². The Kier molecular flexibility index (Phi) is 7.63. The van der Waals surface area contributed by atoms with Crippen LogP contribution >= 0.6 is 11.3 Å². The van der Waals surface area contributed by atoms with Crippen LogP contribution in [0.1, 0.15) is 47.7 Å². The van der Waals surface area contributed by atoms with E-state index in [9.17, 15) is 9.59 Å². The van der Waals surface area contributed by atoms with Gasteiger partial charge in [-0.3, -0.25) is 14.5 Å². The average Bonchev–Trinajstić information content (AvgIpc) is 3.52. The lowest BCUT2D eigenvalue weighted by atomic mass is 10.0. The predicted octanol–water partition coefficient (Wildman–Crippen LogP) is 5.58. The van der Waals surface area contributed by atoms with Gasteiger partial charge in [0, 0.05) is 16.5 Å². The fourth-order valence-corrected chi connectivity index (χ4v) is 5.19. The van der Waals surface area contributed by atoms with Crippen molar-refractivity contribution in [2.75, 3.05) is 12.0 Å². The molecule has 2 amide bonds. The Morgan fingerprint density at radius 2 is 1.91 bits per heavy atom. The average molecular weight is 481 g/mol. The Morgan fingerprint density at radius 1 is 1.15 bits per heavy atom. The van der Waals surface area contributed by atoms with Crippen LogP contribution in [0.15, 0.2) is 60.0 Å². The van der Waals surface area contributed by atoms with E-state index in [-0.39, 0.29) is 29.8 Å². The van der Waals surface area contributed by atoms with Crippen LogP contribution in [-0.2, 0) is 16.0 Å². The number of ether oxygens (including phenoxy) is 1. The molecular formula is C27H29FN2O3S. The first-order valence-electron chi connectivity index (χ1n) is 11.5. The summed E-state index contributed by atoms with van der Waals surface area (Å²) in [5, 5.41) is 4.99. The minimum Gasteiger partial charge on any atom is -0.495 e. The lowest BCUT2D eigenvalue weighted by molar-refractivity contribution is -0.127. The summed E-state index contributed by atoms with van der Waals surface area (Å²) in [7, 11) is 1.52. The maximum atomic E-state index is 15.1. The topological polar surface area (TPSA) is 58.6 Å². The second-order valence-corrected chi connectivity index (χ2v) is 9.64. The molecule has 1 heterocycles. The van der Waals surface area contributed by atoms with E-state index in [2.05, 4.69) is 5.32 Å². The van der Waals surface area contributed by atoms with E-state index in [0.29, 0.717) is 11.4 Å². The minimum atomic E-state index is -1.18. The fourth-order valence-electron chi connectivity index (χ4n) is 4.50. The molecule has 0 aliphatic heterocycles. The van der Waals surface area contributed by atoms with Gasteiger partial charge < -0.3 is 10.1 Å². The molecule has 0 radical (unpaired) electrons. The summed E-state index contributed by atoms with van der Waals surface area (Å²) < 4.78 is 20.7. The van der Waals surface area contributed by atoms with Crippen LogP contribution in [0.2, 0.25) is 0 Å². The molecule has 1 aliphatic rings.